The Morgan fingerprint density at radius 3 is 1.93 bits per heavy atom. The van der Waals surface area contributed by atoms with Crippen LogP contribution in [0.5, 0.6) is 0 Å². The van der Waals surface area contributed by atoms with E-state index in [9.17, 15) is 9.59 Å². The van der Waals surface area contributed by atoms with Crippen LogP contribution in [0.2, 0.25) is 0 Å². The molecule has 6 aliphatic rings. The van der Waals surface area contributed by atoms with Crippen molar-refractivity contribution in [3.63, 3.8) is 0 Å². The quantitative estimate of drug-likeness (QED) is 0.807. The summed E-state index contributed by atoms with van der Waals surface area (Å²) in [5, 5.41) is 3.40. The molecule has 2 aliphatic heterocycles. The van der Waals surface area contributed by atoms with Gasteiger partial charge in [-0.25, -0.2) is 0 Å². The Morgan fingerprint density at radius 1 is 0.821 bits per heavy atom. The molecule has 1 N–H and O–H groups in total. The first-order chi connectivity index (χ1) is 13.6. The smallest absolute Gasteiger partial charge is 0.228 e. The summed E-state index contributed by atoms with van der Waals surface area (Å²) in [5.74, 6) is 3.90. The third-order valence-corrected chi connectivity index (χ3v) is 8.64. The zero-order chi connectivity index (χ0) is 19.1. The number of rotatable bonds is 4. The number of piperazine rings is 1. The fraction of sp³-hybridized carbons (Fsp3) is 0.913. The molecule has 28 heavy (non-hydrogen) atoms. The van der Waals surface area contributed by atoms with Gasteiger partial charge in [0.25, 0.3) is 0 Å². The first-order valence-corrected chi connectivity index (χ1v) is 11.9. The third kappa shape index (κ3) is 3.59. The van der Waals surface area contributed by atoms with Crippen LogP contribution in [-0.4, -0.2) is 60.9 Å². The molecule has 6 fully saturated rings. The molecular weight excluding hydrogens is 350 g/mol. The van der Waals surface area contributed by atoms with E-state index in [-0.39, 0.29) is 5.41 Å². The predicted octanol–water partition coefficient (Wildman–Crippen LogP) is 2.65. The Labute approximate surface area is 169 Å². The van der Waals surface area contributed by atoms with E-state index in [4.69, 9.17) is 0 Å². The number of carbonyl (C=O) groups excluding carboxylic acids is 2. The van der Waals surface area contributed by atoms with Crippen molar-refractivity contribution in [2.45, 2.75) is 64.2 Å². The van der Waals surface area contributed by atoms with Crippen molar-refractivity contribution in [3.8, 4) is 0 Å². The molecule has 5 heteroatoms. The van der Waals surface area contributed by atoms with E-state index in [1.165, 1.54) is 32.1 Å². The molecule has 4 saturated carbocycles. The summed E-state index contributed by atoms with van der Waals surface area (Å²) in [5.41, 5.74) is -0.0318. The van der Waals surface area contributed by atoms with Crippen LogP contribution in [0, 0.1) is 29.1 Å². The highest BCUT2D eigenvalue weighted by atomic mass is 16.2. The summed E-state index contributed by atoms with van der Waals surface area (Å²) >= 11 is 0. The Kier molecular flexibility index (Phi) is 5.14. The first-order valence-electron chi connectivity index (χ1n) is 11.9. The zero-order valence-corrected chi connectivity index (χ0v) is 17.3. The van der Waals surface area contributed by atoms with Crippen LogP contribution in [0.4, 0.5) is 0 Å². The van der Waals surface area contributed by atoms with Crippen molar-refractivity contribution in [2.24, 2.45) is 29.1 Å². The lowest BCUT2D eigenvalue weighted by molar-refractivity contribution is -0.160. The largest absolute Gasteiger partial charge is 0.339 e. The maximum atomic E-state index is 13.5. The summed E-state index contributed by atoms with van der Waals surface area (Å²) in [7, 11) is 0. The number of hydrogen-bond donors (Lipinski definition) is 1. The van der Waals surface area contributed by atoms with Crippen molar-refractivity contribution in [3.05, 3.63) is 0 Å². The van der Waals surface area contributed by atoms with Gasteiger partial charge >= 0.3 is 0 Å². The molecule has 0 radical (unpaired) electrons. The van der Waals surface area contributed by atoms with Gasteiger partial charge < -0.3 is 15.1 Å². The molecule has 0 aromatic heterocycles. The SMILES string of the molecule is O=C(CCC1CCNCC1)N1CCN(C(=O)C23CC4CC(CC(C4)C2)C3)CC1. The van der Waals surface area contributed by atoms with Gasteiger partial charge in [0.15, 0.2) is 0 Å². The van der Waals surface area contributed by atoms with E-state index in [2.05, 4.69) is 10.2 Å². The van der Waals surface area contributed by atoms with Gasteiger partial charge in [0.05, 0.1) is 5.41 Å². The van der Waals surface area contributed by atoms with Gasteiger partial charge in [0.2, 0.25) is 11.8 Å². The van der Waals surface area contributed by atoms with Crippen LogP contribution in [0.3, 0.4) is 0 Å². The van der Waals surface area contributed by atoms with Gasteiger partial charge in [0.1, 0.15) is 0 Å². The fourth-order valence-corrected chi connectivity index (χ4v) is 7.52. The van der Waals surface area contributed by atoms with Gasteiger partial charge in [-0.3, -0.25) is 9.59 Å². The minimum absolute atomic E-state index is 0.0318. The van der Waals surface area contributed by atoms with Crippen molar-refractivity contribution in [1.82, 2.24) is 15.1 Å². The molecule has 2 amide bonds. The van der Waals surface area contributed by atoms with Crippen LogP contribution < -0.4 is 5.32 Å². The average Bonchev–Trinajstić information content (AvgIpc) is 2.71. The van der Waals surface area contributed by atoms with E-state index in [0.717, 1.165) is 82.7 Å². The van der Waals surface area contributed by atoms with Crippen molar-refractivity contribution in [1.29, 1.82) is 0 Å². The van der Waals surface area contributed by atoms with Crippen molar-refractivity contribution < 1.29 is 9.59 Å². The van der Waals surface area contributed by atoms with Crippen LogP contribution in [-0.2, 0) is 9.59 Å². The first kappa shape index (κ1) is 18.9. The summed E-state index contributed by atoms with van der Waals surface area (Å²) in [6.45, 7) is 5.18. The minimum atomic E-state index is -0.0318. The molecule has 4 bridgehead atoms. The molecule has 0 aromatic rings. The topological polar surface area (TPSA) is 52.7 Å². The lowest BCUT2D eigenvalue weighted by Gasteiger charge is -2.57. The second kappa shape index (κ2) is 7.62. The van der Waals surface area contributed by atoms with E-state index in [1.807, 2.05) is 4.90 Å². The van der Waals surface area contributed by atoms with Crippen molar-refractivity contribution >= 4 is 11.8 Å². The second-order valence-corrected chi connectivity index (χ2v) is 10.6. The van der Waals surface area contributed by atoms with Gasteiger partial charge in [-0.2, -0.15) is 0 Å². The Morgan fingerprint density at radius 2 is 1.36 bits per heavy atom. The molecule has 0 unspecified atom stereocenters. The number of nitrogens with zero attached hydrogens (tertiary/aromatic N) is 2. The zero-order valence-electron chi connectivity index (χ0n) is 17.3. The maximum Gasteiger partial charge on any atom is 0.228 e. The van der Waals surface area contributed by atoms with Crippen LogP contribution in [0.25, 0.3) is 0 Å². The Balaban J connectivity index is 1.12. The maximum absolute atomic E-state index is 13.5. The normalized spacial score (nSPS) is 38.1. The Bertz CT molecular complexity index is 570. The number of nitrogens with one attached hydrogen (secondary N) is 1. The minimum Gasteiger partial charge on any atom is -0.339 e. The van der Waals surface area contributed by atoms with Crippen LogP contribution in [0.15, 0.2) is 0 Å². The number of piperidine rings is 1. The van der Waals surface area contributed by atoms with Gasteiger partial charge in [0, 0.05) is 32.6 Å². The summed E-state index contributed by atoms with van der Waals surface area (Å²) in [4.78, 5) is 30.3. The Hall–Kier alpha value is -1.10. The summed E-state index contributed by atoms with van der Waals surface area (Å²) < 4.78 is 0. The highest BCUT2D eigenvalue weighted by Gasteiger charge is 2.55. The lowest BCUT2D eigenvalue weighted by Crippen LogP contribution is -2.58. The van der Waals surface area contributed by atoms with E-state index in [0.29, 0.717) is 24.2 Å². The van der Waals surface area contributed by atoms with E-state index < -0.39 is 0 Å². The molecule has 156 valence electrons. The van der Waals surface area contributed by atoms with E-state index >= 15 is 0 Å². The van der Waals surface area contributed by atoms with E-state index in [1.54, 1.807) is 0 Å². The highest BCUT2D eigenvalue weighted by Crippen LogP contribution is 2.60. The number of amides is 2. The molecule has 5 nitrogen and oxygen atoms in total. The molecule has 4 aliphatic carbocycles. The molecule has 6 rings (SSSR count). The standard InChI is InChI=1S/C23H37N3O2/c27-21(2-1-17-3-5-24-6-4-17)25-7-9-26(10-8-25)22(28)23-14-18-11-19(15-23)13-20(12-18)16-23/h17-20,24H,1-16H2. The monoisotopic (exact) mass is 387 g/mol. The third-order valence-electron chi connectivity index (χ3n) is 8.64. The lowest BCUT2D eigenvalue weighted by atomic mass is 9.49. The van der Waals surface area contributed by atoms with Gasteiger partial charge in [-0.05, 0) is 94.5 Å². The van der Waals surface area contributed by atoms with Gasteiger partial charge in [-0.1, -0.05) is 0 Å². The molecule has 2 heterocycles. The molecule has 0 spiro atoms. The van der Waals surface area contributed by atoms with Crippen LogP contribution in [0.1, 0.15) is 64.2 Å². The summed E-state index contributed by atoms with van der Waals surface area (Å²) in [6.07, 6.45) is 11.7. The average molecular weight is 388 g/mol. The predicted molar refractivity (Wildman–Crippen MR) is 109 cm³/mol. The molecule has 0 atom stereocenters. The number of hydrogen-bond acceptors (Lipinski definition) is 3. The van der Waals surface area contributed by atoms with Crippen molar-refractivity contribution in [2.75, 3.05) is 39.3 Å². The molecular formula is C23H37N3O2. The number of carbonyl (C=O) groups is 2. The fourth-order valence-electron chi connectivity index (χ4n) is 7.52. The second-order valence-electron chi connectivity index (χ2n) is 10.6. The molecule has 0 aromatic carbocycles. The highest BCUT2D eigenvalue weighted by molar-refractivity contribution is 5.84. The summed E-state index contributed by atoms with van der Waals surface area (Å²) in [6, 6.07) is 0. The van der Waals surface area contributed by atoms with Crippen LogP contribution >= 0.6 is 0 Å². The van der Waals surface area contributed by atoms with Gasteiger partial charge in [-0.15, -0.1) is 0 Å². The molecule has 2 saturated heterocycles.